The van der Waals surface area contributed by atoms with Crippen molar-refractivity contribution in [3.8, 4) is 16.8 Å². The van der Waals surface area contributed by atoms with Gasteiger partial charge in [-0.15, -0.1) is 0 Å². The quantitative estimate of drug-likeness (QED) is 0.104. The molecule has 328 valence electrons. The van der Waals surface area contributed by atoms with E-state index >= 15 is 0 Å². The SMILES string of the molecule is c1ccc([Si](c2ccccc2)(c2ccccc2)c2ccc(-c3ccc(N(c4ccc(-n5c6ccccc6c6ccccc65)cc4)c4ccc5c6cccc7c8ccccc8n(c5c4)c76)cc3)cc2)cc1. The number of hydrogen-bond donors (Lipinski definition) is 0. The van der Waals surface area contributed by atoms with Crippen LogP contribution in [0.25, 0.3) is 76.7 Å². The molecule has 0 aliphatic rings. The molecule has 3 heterocycles. The third-order valence-electron chi connectivity index (χ3n) is 14.8. The molecular formula is C66H45N3Si. The summed E-state index contributed by atoms with van der Waals surface area (Å²) in [5.74, 6) is 0. The lowest BCUT2D eigenvalue weighted by Crippen LogP contribution is -2.74. The van der Waals surface area contributed by atoms with Crippen molar-refractivity contribution in [3.05, 3.63) is 273 Å². The first-order valence-corrected chi connectivity index (χ1v) is 26.2. The van der Waals surface area contributed by atoms with Gasteiger partial charge >= 0.3 is 0 Å². The van der Waals surface area contributed by atoms with Gasteiger partial charge in [0, 0.05) is 55.1 Å². The molecular weight excluding hydrogens is 863 g/mol. The first-order valence-electron chi connectivity index (χ1n) is 24.2. The second kappa shape index (κ2) is 16.1. The topological polar surface area (TPSA) is 12.6 Å². The lowest BCUT2D eigenvalue weighted by Gasteiger charge is -2.34. The number of fused-ring (bicyclic) bond motifs is 9. The highest BCUT2D eigenvalue weighted by Gasteiger charge is 2.41. The first kappa shape index (κ1) is 40.1. The van der Waals surface area contributed by atoms with Crippen LogP contribution in [0.3, 0.4) is 0 Å². The molecule has 14 aromatic rings. The van der Waals surface area contributed by atoms with Crippen molar-refractivity contribution in [2.45, 2.75) is 0 Å². The van der Waals surface area contributed by atoms with Crippen molar-refractivity contribution in [2.24, 2.45) is 0 Å². The van der Waals surface area contributed by atoms with Gasteiger partial charge in [-0.3, -0.25) is 0 Å². The van der Waals surface area contributed by atoms with Gasteiger partial charge in [-0.05, 0) is 98.6 Å². The van der Waals surface area contributed by atoms with Gasteiger partial charge in [-0.25, -0.2) is 0 Å². The van der Waals surface area contributed by atoms with Crippen LogP contribution < -0.4 is 25.6 Å². The molecule has 0 saturated carbocycles. The Morgan fingerprint density at radius 3 is 1.19 bits per heavy atom. The van der Waals surface area contributed by atoms with Gasteiger partial charge in [-0.2, -0.15) is 0 Å². The molecule has 3 nitrogen and oxygen atoms in total. The third kappa shape index (κ3) is 6.07. The van der Waals surface area contributed by atoms with Crippen molar-refractivity contribution in [2.75, 3.05) is 4.90 Å². The fraction of sp³-hybridized carbons (Fsp3) is 0. The average molecular weight is 908 g/mol. The minimum atomic E-state index is -2.64. The number of hydrogen-bond acceptors (Lipinski definition) is 1. The smallest absolute Gasteiger partial charge is 0.179 e. The highest BCUT2D eigenvalue weighted by molar-refractivity contribution is 7.19. The molecule has 0 atom stereocenters. The maximum atomic E-state index is 2.47. The zero-order valence-electron chi connectivity index (χ0n) is 38.3. The van der Waals surface area contributed by atoms with Crippen LogP contribution in [0.2, 0.25) is 0 Å². The Morgan fingerprint density at radius 1 is 0.271 bits per heavy atom. The van der Waals surface area contributed by atoms with Crippen molar-refractivity contribution in [3.63, 3.8) is 0 Å². The summed E-state index contributed by atoms with van der Waals surface area (Å²) >= 11 is 0. The van der Waals surface area contributed by atoms with Crippen LogP contribution >= 0.6 is 0 Å². The monoisotopic (exact) mass is 907 g/mol. The zero-order valence-corrected chi connectivity index (χ0v) is 39.3. The van der Waals surface area contributed by atoms with Crippen LogP contribution in [-0.2, 0) is 0 Å². The average Bonchev–Trinajstić information content (AvgIpc) is 4.08. The fourth-order valence-corrected chi connectivity index (χ4v) is 16.5. The largest absolute Gasteiger partial charge is 0.310 e. The van der Waals surface area contributed by atoms with Gasteiger partial charge in [0.1, 0.15) is 0 Å². The van der Waals surface area contributed by atoms with Crippen molar-refractivity contribution in [1.29, 1.82) is 0 Å². The third-order valence-corrected chi connectivity index (χ3v) is 19.6. The molecule has 4 heteroatoms. The molecule has 0 radical (unpaired) electrons. The molecule has 70 heavy (non-hydrogen) atoms. The maximum Gasteiger partial charge on any atom is 0.179 e. The predicted molar refractivity (Wildman–Crippen MR) is 299 cm³/mol. The molecule has 0 amide bonds. The molecule has 11 aromatic carbocycles. The summed E-state index contributed by atoms with van der Waals surface area (Å²) in [5, 5.41) is 13.1. The van der Waals surface area contributed by atoms with Crippen LogP contribution in [0.15, 0.2) is 273 Å². The summed E-state index contributed by atoms with van der Waals surface area (Å²) in [4.78, 5) is 2.41. The summed E-state index contributed by atoms with van der Waals surface area (Å²) in [6.45, 7) is 0. The van der Waals surface area contributed by atoms with Crippen molar-refractivity contribution < 1.29 is 0 Å². The summed E-state index contributed by atoms with van der Waals surface area (Å²) < 4.78 is 4.86. The van der Waals surface area contributed by atoms with Crippen molar-refractivity contribution in [1.82, 2.24) is 8.97 Å². The molecule has 0 spiro atoms. The Bertz CT molecular complexity index is 4050. The Balaban J connectivity index is 0.896. The number of rotatable bonds is 9. The number of para-hydroxylation sites is 4. The molecule has 0 bridgehead atoms. The molecule has 0 unspecified atom stereocenters. The van der Waals surface area contributed by atoms with E-state index in [1.165, 1.54) is 91.8 Å². The first-order chi connectivity index (χ1) is 34.7. The predicted octanol–water partition coefficient (Wildman–Crippen LogP) is 14.4. The van der Waals surface area contributed by atoms with Gasteiger partial charge in [0.15, 0.2) is 8.07 Å². The normalized spacial score (nSPS) is 12.0. The summed E-state index contributed by atoms with van der Waals surface area (Å²) in [5.41, 5.74) is 12.9. The molecule has 0 fully saturated rings. The Labute approximate surface area is 407 Å². The van der Waals surface area contributed by atoms with Gasteiger partial charge in [0.05, 0.1) is 27.6 Å². The van der Waals surface area contributed by atoms with Gasteiger partial charge < -0.3 is 13.9 Å². The van der Waals surface area contributed by atoms with Crippen LogP contribution in [0.1, 0.15) is 0 Å². The van der Waals surface area contributed by atoms with Gasteiger partial charge in [0.2, 0.25) is 0 Å². The van der Waals surface area contributed by atoms with E-state index in [9.17, 15) is 0 Å². The molecule has 0 N–H and O–H groups in total. The summed E-state index contributed by atoms with van der Waals surface area (Å²) in [6.07, 6.45) is 0. The van der Waals surface area contributed by atoms with Crippen LogP contribution in [0.4, 0.5) is 17.1 Å². The molecule has 3 aromatic heterocycles. The zero-order chi connectivity index (χ0) is 46.2. The minimum absolute atomic E-state index is 1.09. The fourth-order valence-electron chi connectivity index (χ4n) is 11.7. The second-order valence-corrected chi connectivity index (χ2v) is 22.3. The number of aromatic nitrogens is 2. The van der Waals surface area contributed by atoms with Crippen LogP contribution in [-0.4, -0.2) is 17.0 Å². The van der Waals surface area contributed by atoms with E-state index in [1.807, 2.05) is 0 Å². The van der Waals surface area contributed by atoms with E-state index in [2.05, 4.69) is 287 Å². The number of nitrogens with zero attached hydrogens (tertiary/aromatic N) is 3. The Hall–Kier alpha value is -8.96. The molecule has 0 aliphatic heterocycles. The van der Waals surface area contributed by atoms with E-state index in [0.717, 1.165) is 22.7 Å². The van der Waals surface area contributed by atoms with E-state index in [-0.39, 0.29) is 0 Å². The molecule has 0 aliphatic carbocycles. The Morgan fingerprint density at radius 2 is 0.657 bits per heavy atom. The standard InChI is InChI=1S/C66H45N3Si/c1-4-17-52(18-5-1)70(53-19-6-2-7-20-53,54-21-8-3-9-22-54)55-42-33-47(34-43-55)46-31-35-48(36-32-46)67(49-37-39-50(40-38-49)68-62-28-13-10-23-56(62)57-24-11-14-29-63(57)68)51-41-44-59-61-27-16-26-60-58-25-12-15-30-64(58)69(66(60)61)65(59)45-51/h1-45H. The minimum Gasteiger partial charge on any atom is -0.310 e. The lowest BCUT2D eigenvalue weighted by molar-refractivity contribution is 1.17. The lowest BCUT2D eigenvalue weighted by atomic mass is 10.0. The van der Waals surface area contributed by atoms with Gasteiger partial charge in [-0.1, -0.05) is 206 Å². The number of anilines is 3. The van der Waals surface area contributed by atoms with Gasteiger partial charge in [0.25, 0.3) is 0 Å². The maximum absolute atomic E-state index is 2.64. The summed E-state index contributed by atoms with van der Waals surface area (Å²) in [6, 6.07) is 101. The highest BCUT2D eigenvalue weighted by Crippen LogP contribution is 2.43. The molecule has 0 saturated heterocycles. The highest BCUT2D eigenvalue weighted by atomic mass is 28.3. The van der Waals surface area contributed by atoms with E-state index in [4.69, 9.17) is 0 Å². The van der Waals surface area contributed by atoms with Crippen LogP contribution in [0.5, 0.6) is 0 Å². The van der Waals surface area contributed by atoms with E-state index < -0.39 is 8.07 Å². The number of benzene rings is 11. The van der Waals surface area contributed by atoms with E-state index in [1.54, 1.807) is 0 Å². The Kier molecular flexibility index (Phi) is 9.23. The van der Waals surface area contributed by atoms with Crippen molar-refractivity contribution >= 4 is 106 Å². The summed E-state index contributed by atoms with van der Waals surface area (Å²) in [7, 11) is -2.64. The molecule has 14 rings (SSSR count). The second-order valence-electron chi connectivity index (χ2n) is 18.4. The van der Waals surface area contributed by atoms with Crippen LogP contribution in [0, 0.1) is 0 Å². The van der Waals surface area contributed by atoms with E-state index in [0.29, 0.717) is 0 Å².